The van der Waals surface area contributed by atoms with Gasteiger partial charge in [0, 0.05) is 18.4 Å². The minimum absolute atomic E-state index is 0.210. The second kappa shape index (κ2) is 7.81. The molecule has 5 nitrogen and oxygen atoms in total. The Morgan fingerprint density at radius 3 is 2.79 bits per heavy atom. The van der Waals surface area contributed by atoms with Crippen LogP contribution in [-0.4, -0.2) is 30.3 Å². The van der Waals surface area contributed by atoms with Gasteiger partial charge in [0.2, 0.25) is 0 Å². The number of hydrogen-bond donors (Lipinski definition) is 1. The van der Waals surface area contributed by atoms with Crippen LogP contribution >= 0.6 is 0 Å². The fourth-order valence-corrected chi connectivity index (χ4v) is 3.01. The van der Waals surface area contributed by atoms with Gasteiger partial charge in [-0.3, -0.25) is 0 Å². The molecule has 0 saturated carbocycles. The Kier molecular flexibility index (Phi) is 5.31. The maximum absolute atomic E-state index is 11.8. The summed E-state index contributed by atoms with van der Waals surface area (Å²) in [6.45, 7) is 3.19. The minimum atomic E-state index is -0.272. The summed E-state index contributed by atoms with van der Waals surface area (Å²) < 4.78 is 5.04. The number of carbonyl (C=O) groups is 1. The number of nitrogens with zero attached hydrogens (tertiary/aromatic N) is 2. The fourth-order valence-electron chi connectivity index (χ4n) is 3.01. The van der Waals surface area contributed by atoms with E-state index >= 15 is 0 Å². The van der Waals surface area contributed by atoms with Crippen molar-refractivity contribution in [2.24, 2.45) is 0 Å². The maximum Gasteiger partial charge on any atom is 0.338 e. The summed E-state index contributed by atoms with van der Waals surface area (Å²) in [4.78, 5) is 18.5. The molecule has 1 aromatic heterocycles. The molecule has 5 heteroatoms. The number of piperidine rings is 1. The zero-order valence-electron chi connectivity index (χ0n) is 13.9. The second-order valence-corrected chi connectivity index (χ2v) is 5.83. The van der Waals surface area contributed by atoms with Gasteiger partial charge in [0.05, 0.1) is 12.2 Å². The van der Waals surface area contributed by atoms with Gasteiger partial charge in [0.1, 0.15) is 12.0 Å². The molecular formula is C19H23N3O2. The largest absolute Gasteiger partial charge is 0.462 e. The van der Waals surface area contributed by atoms with E-state index in [2.05, 4.69) is 15.2 Å². The molecular weight excluding hydrogens is 302 g/mol. The van der Waals surface area contributed by atoms with Crippen LogP contribution in [0.3, 0.4) is 0 Å². The summed E-state index contributed by atoms with van der Waals surface area (Å²) in [5.74, 6) is 0.614. The summed E-state index contributed by atoms with van der Waals surface area (Å²) >= 11 is 0. The zero-order chi connectivity index (χ0) is 16.8. The van der Waals surface area contributed by atoms with Crippen molar-refractivity contribution in [1.82, 2.24) is 4.98 Å². The van der Waals surface area contributed by atoms with E-state index in [-0.39, 0.29) is 12.1 Å². The fraction of sp³-hybridized carbons (Fsp3) is 0.368. The van der Waals surface area contributed by atoms with Gasteiger partial charge in [0.15, 0.2) is 0 Å². The van der Waals surface area contributed by atoms with Gasteiger partial charge in [-0.15, -0.1) is 0 Å². The van der Waals surface area contributed by atoms with Gasteiger partial charge in [-0.05, 0) is 62.6 Å². The van der Waals surface area contributed by atoms with Gasteiger partial charge < -0.3 is 15.0 Å². The Hall–Kier alpha value is -2.56. The number of hydrogen-bond acceptors (Lipinski definition) is 5. The van der Waals surface area contributed by atoms with E-state index in [0.717, 1.165) is 24.5 Å². The third-order valence-corrected chi connectivity index (χ3v) is 4.19. The van der Waals surface area contributed by atoms with E-state index in [1.807, 2.05) is 49.4 Å². The Bertz CT molecular complexity index is 658. The second-order valence-electron chi connectivity index (χ2n) is 5.83. The molecule has 2 aromatic rings. The third kappa shape index (κ3) is 3.85. The summed E-state index contributed by atoms with van der Waals surface area (Å²) in [5.41, 5.74) is 1.70. The lowest BCUT2D eigenvalue weighted by Gasteiger charge is -2.38. The number of esters is 1. The summed E-state index contributed by atoms with van der Waals surface area (Å²) in [7, 11) is 0. The third-order valence-electron chi connectivity index (χ3n) is 4.19. The standard InChI is InChI=1S/C19H23N3O2/c1-2-24-19(23)15-9-11-16(12-10-15)22-14-6-4-8-18(22)21-17-7-3-5-13-20-17/h3,5,7,9-13,18H,2,4,6,8,14H2,1H3,(H,20,21). The van der Waals surface area contributed by atoms with Crippen LogP contribution in [0, 0.1) is 0 Å². The molecule has 2 heterocycles. The number of rotatable bonds is 5. The van der Waals surface area contributed by atoms with Crippen LogP contribution in [0.1, 0.15) is 36.5 Å². The molecule has 0 radical (unpaired) electrons. The monoisotopic (exact) mass is 325 g/mol. The van der Waals surface area contributed by atoms with E-state index < -0.39 is 0 Å². The minimum Gasteiger partial charge on any atom is -0.462 e. The molecule has 1 aliphatic heterocycles. The molecule has 1 aromatic carbocycles. The van der Waals surface area contributed by atoms with Crippen LogP contribution in [-0.2, 0) is 4.74 Å². The number of aromatic nitrogens is 1. The van der Waals surface area contributed by atoms with Crippen molar-refractivity contribution >= 4 is 17.5 Å². The lowest BCUT2D eigenvalue weighted by atomic mass is 10.1. The number of anilines is 2. The number of carbonyl (C=O) groups excluding carboxylic acids is 1. The van der Waals surface area contributed by atoms with Crippen molar-refractivity contribution in [3.8, 4) is 0 Å². The first-order chi connectivity index (χ1) is 11.8. The van der Waals surface area contributed by atoms with Crippen molar-refractivity contribution in [3.63, 3.8) is 0 Å². The molecule has 24 heavy (non-hydrogen) atoms. The quantitative estimate of drug-likeness (QED) is 0.850. The number of pyridine rings is 1. The molecule has 1 N–H and O–H groups in total. The van der Waals surface area contributed by atoms with Crippen LogP contribution in [0.2, 0.25) is 0 Å². The van der Waals surface area contributed by atoms with E-state index in [1.54, 1.807) is 6.20 Å². The maximum atomic E-state index is 11.8. The van der Waals surface area contributed by atoms with Gasteiger partial charge in [-0.2, -0.15) is 0 Å². The lowest BCUT2D eigenvalue weighted by molar-refractivity contribution is 0.0526. The van der Waals surface area contributed by atoms with E-state index in [9.17, 15) is 4.79 Å². The van der Waals surface area contributed by atoms with E-state index in [4.69, 9.17) is 4.74 Å². The number of nitrogens with one attached hydrogen (secondary N) is 1. The molecule has 126 valence electrons. The van der Waals surface area contributed by atoms with Crippen LogP contribution in [0.25, 0.3) is 0 Å². The highest BCUT2D eigenvalue weighted by Crippen LogP contribution is 2.26. The average Bonchev–Trinajstić information content (AvgIpc) is 2.63. The predicted octanol–water partition coefficient (Wildman–Crippen LogP) is 3.69. The van der Waals surface area contributed by atoms with E-state index in [1.165, 1.54) is 12.8 Å². The molecule has 1 unspecified atom stereocenters. The first-order valence-corrected chi connectivity index (χ1v) is 8.49. The van der Waals surface area contributed by atoms with Crippen LogP contribution < -0.4 is 10.2 Å². The van der Waals surface area contributed by atoms with Crippen molar-refractivity contribution in [2.45, 2.75) is 32.4 Å². The Morgan fingerprint density at radius 1 is 1.25 bits per heavy atom. The summed E-state index contributed by atoms with van der Waals surface area (Å²) in [6.07, 6.45) is 5.43. The highest BCUT2D eigenvalue weighted by Gasteiger charge is 2.23. The predicted molar refractivity (Wildman–Crippen MR) is 95.2 cm³/mol. The van der Waals surface area contributed by atoms with E-state index in [0.29, 0.717) is 12.2 Å². The van der Waals surface area contributed by atoms with Gasteiger partial charge in [0.25, 0.3) is 0 Å². The number of benzene rings is 1. The van der Waals surface area contributed by atoms with Gasteiger partial charge in [-0.1, -0.05) is 6.07 Å². The average molecular weight is 325 g/mol. The Morgan fingerprint density at radius 2 is 2.08 bits per heavy atom. The molecule has 3 rings (SSSR count). The molecule has 1 atom stereocenters. The van der Waals surface area contributed by atoms with Gasteiger partial charge >= 0.3 is 5.97 Å². The SMILES string of the molecule is CCOC(=O)c1ccc(N2CCCCC2Nc2ccccn2)cc1. The molecule has 0 amide bonds. The normalized spacial score (nSPS) is 17.4. The highest BCUT2D eigenvalue weighted by molar-refractivity contribution is 5.89. The summed E-state index contributed by atoms with van der Waals surface area (Å²) in [5, 5.41) is 3.51. The van der Waals surface area contributed by atoms with Gasteiger partial charge in [-0.25, -0.2) is 9.78 Å². The van der Waals surface area contributed by atoms with Crippen LogP contribution in [0.4, 0.5) is 11.5 Å². The molecule has 1 saturated heterocycles. The number of ether oxygens (including phenoxy) is 1. The van der Waals surface area contributed by atoms with Crippen molar-refractivity contribution in [3.05, 3.63) is 54.2 Å². The smallest absolute Gasteiger partial charge is 0.338 e. The molecule has 0 spiro atoms. The Balaban J connectivity index is 1.74. The molecule has 0 aliphatic carbocycles. The first kappa shape index (κ1) is 16.3. The molecule has 1 aliphatic rings. The van der Waals surface area contributed by atoms with Crippen LogP contribution in [0.15, 0.2) is 48.7 Å². The first-order valence-electron chi connectivity index (χ1n) is 8.49. The lowest BCUT2D eigenvalue weighted by Crippen LogP contribution is -2.44. The Labute approximate surface area is 142 Å². The zero-order valence-corrected chi connectivity index (χ0v) is 13.9. The van der Waals surface area contributed by atoms with Crippen molar-refractivity contribution in [2.75, 3.05) is 23.4 Å². The molecule has 1 fully saturated rings. The highest BCUT2D eigenvalue weighted by atomic mass is 16.5. The van der Waals surface area contributed by atoms with Crippen molar-refractivity contribution in [1.29, 1.82) is 0 Å². The topological polar surface area (TPSA) is 54.5 Å². The van der Waals surface area contributed by atoms with Crippen LogP contribution in [0.5, 0.6) is 0 Å². The molecule has 0 bridgehead atoms. The van der Waals surface area contributed by atoms with Crippen molar-refractivity contribution < 1.29 is 9.53 Å². The summed E-state index contributed by atoms with van der Waals surface area (Å²) in [6, 6.07) is 13.5.